The Bertz CT molecular complexity index is 1050. The van der Waals surface area contributed by atoms with Crippen LogP contribution in [0.5, 0.6) is 0 Å². The number of hydrogen-bond acceptors (Lipinski definition) is 6. The smallest absolute Gasteiger partial charge is 0.181 e. The number of benzene rings is 1. The Morgan fingerprint density at radius 2 is 2.08 bits per heavy atom. The SMILES string of the molecule is CSc1cn2c(-c3cccc(C)c3)cnc2c(Nc2cc(C)ns2)n1. The molecule has 0 aliphatic rings. The molecule has 0 atom stereocenters. The van der Waals surface area contributed by atoms with E-state index in [0.717, 1.165) is 38.4 Å². The Morgan fingerprint density at radius 3 is 2.80 bits per heavy atom. The van der Waals surface area contributed by atoms with Gasteiger partial charge in [0.15, 0.2) is 11.5 Å². The standard InChI is InChI=1S/C18H17N5S2/c1-11-5-4-6-13(7-11)14-9-19-18-17(20-15-8-12(2)22-25-15)21-16(24-3)10-23(14)18/h4-10H,1-3H3,(H,20,21). The zero-order valence-electron chi connectivity index (χ0n) is 14.1. The third-order valence-electron chi connectivity index (χ3n) is 3.86. The van der Waals surface area contributed by atoms with Gasteiger partial charge in [-0.2, -0.15) is 4.37 Å². The van der Waals surface area contributed by atoms with Crippen molar-refractivity contribution in [2.75, 3.05) is 11.6 Å². The van der Waals surface area contributed by atoms with E-state index >= 15 is 0 Å². The largest absolute Gasteiger partial charge is 0.328 e. The van der Waals surface area contributed by atoms with Crippen LogP contribution in [0, 0.1) is 13.8 Å². The average Bonchev–Trinajstić information content (AvgIpc) is 3.21. The van der Waals surface area contributed by atoms with E-state index in [1.165, 1.54) is 17.1 Å². The maximum atomic E-state index is 4.70. The van der Waals surface area contributed by atoms with Crippen molar-refractivity contribution >= 4 is 39.8 Å². The Labute approximate surface area is 154 Å². The van der Waals surface area contributed by atoms with Crippen LogP contribution in [-0.2, 0) is 0 Å². The fourth-order valence-corrected chi connectivity index (χ4v) is 3.76. The van der Waals surface area contributed by atoms with Crippen LogP contribution in [0.4, 0.5) is 10.8 Å². The summed E-state index contributed by atoms with van der Waals surface area (Å²) in [5.41, 5.74) is 5.23. The van der Waals surface area contributed by atoms with Gasteiger partial charge in [-0.3, -0.25) is 4.40 Å². The highest BCUT2D eigenvalue weighted by Crippen LogP contribution is 2.29. The first-order valence-corrected chi connectivity index (χ1v) is 9.83. The third-order valence-corrected chi connectivity index (χ3v) is 5.27. The molecule has 0 bridgehead atoms. The molecule has 1 N–H and O–H groups in total. The van der Waals surface area contributed by atoms with E-state index in [1.807, 2.05) is 31.6 Å². The molecule has 1 aromatic carbocycles. The zero-order valence-corrected chi connectivity index (χ0v) is 15.8. The molecule has 0 fully saturated rings. The summed E-state index contributed by atoms with van der Waals surface area (Å²) in [4.78, 5) is 9.31. The van der Waals surface area contributed by atoms with Crippen LogP contribution in [0.2, 0.25) is 0 Å². The molecule has 0 aliphatic carbocycles. The van der Waals surface area contributed by atoms with Gasteiger partial charge < -0.3 is 5.32 Å². The first kappa shape index (κ1) is 16.1. The predicted molar refractivity (Wildman–Crippen MR) is 105 cm³/mol. The second-order valence-electron chi connectivity index (χ2n) is 5.80. The highest BCUT2D eigenvalue weighted by molar-refractivity contribution is 7.98. The summed E-state index contributed by atoms with van der Waals surface area (Å²) in [6.45, 7) is 4.08. The second-order valence-corrected chi connectivity index (χ2v) is 7.43. The topological polar surface area (TPSA) is 55.1 Å². The lowest BCUT2D eigenvalue weighted by atomic mass is 10.1. The van der Waals surface area contributed by atoms with Crippen molar-refractivity contribution in [3.05, 3.63) is 54.0 Å². The van der Waals surface area contributed by atoms with Gasteiger partial charge in [-0.25, -0.2) is 9.97 Å². The van der Waals surface area contributed by atoms with Crippen LogP contribution < -0.4 is 5.32 Å². The molecule has 0 spiro atoms. The highest BCUT2D eigenvalue weighted by Gasteiger charge is 2.14. The number of anilines is 2. The number of thioether (sulfide) groups is 1. The molecule has 25 heavy (non-hydrogen) atoms. The number of aryl methyl sites for hydroxylation is 2. The lowest BCUT2D eigenvalue weighted by Gasteiger charge is -2.09. The average molecular weight is 368 g/mol. The number of nitrogens with one attached hydrogen (secondary N) is 1. The fourth-order valence-electron chi connectivity index (χ4n) is 2.71. The van der Waals surface area contributed by atoms with E-state index in [2.05, 4.69) is 50.3 Å². The fraction of sp³-hybridized carbons (Fsp3) is 0.167. The lowest BCUT2D eigenvalue weighted by molar-refractivity contribution is 1.03. The van der Waals surface area contributed by atoms with Crippen molar-refractivity contribution in [2.45, 2.75) is 18.9 Å². The van der Waals surface area contributed by atoms with Crippen LogP contribution in [0.15, 0.2) is 47.8 Å². The molecule has 0 aliphatic heterocycles. The van der Waals surface area contributed by atoms with Crippen LogP contribution in [0.3, 0.4) is 0 Å². The van der Waals surface area contributed by atoms with E-state index in [9.17, 15) is 0 Å². The molecule has 4 rings (SSSR count). The van der Waals surface area contributed by atoms with Gasteiger partial charge in [0, 0.05) is 11.8 Å². The highest BCUT2D eigenvalue weighted by atomic mass is 32.2. The zero-order chi connectivity index (χ0) is 17.4. The molecule has 0 saturated heterocycles. The van der Waals surface area contributed by atoms with Gasteiger partial charge in [-0.05, 0) is 43.8 Å². The summed E-state index contributed by atoms with van der Waals surface area (Å²) >= 11 is 3.04. The molecule has 0 saturated carbocycles. The molecular formula is C18H17N5S2. The predicted octanol–water partition coefficient (Wildman–Crippen LogP) is 4.94. The van der Waals surface area contributed by atoms with Gasteiger partial charge in [-0.1, -0.05) is 23.8 Å². The molecular weight excluding hydrogens is 350 g/mol. The second kappa shape index (κ2) is 6.50. The molecule has 5 nitrogen and oxygen atoms in total. The first-order valence-electron chi connectivity index (χ1n) is 7.83. The van der Waals surface area contributed by atoms with Gasteiger partial charge in [0.1, 0.15) is 10.0 Å². The molecule has 126 valence electrons. The monoisotopic (exact) mass is 367 g/mol. The molecule has 3 heterocycles. The van der Waals surface area contributed by atoms with Crippen molar-refractivity contribution in [3.63, 3.8) is 0 Å². The Balaban J connectivity index is 1.86. The molecule has 3 aromatic heterocycles. The summed E-state index contributed by atoms with van der Waals surface area (Å²) in [5, 5.41) is 5.26. The molecule has 0 radical (unpaired) electrons. The number of aromatic nitrogens is 4. The van der Waals surface area contributed by atoms with E-state index in [4.69, 9.17) is 4.98 Å². The van der Waals surface area contributed by atoms with Gasteiger partial charge >= 0.3 is 0 Å². The number of nitrogens with zero attached hydrogens (tertiary/aromatic N) is 4. The quantitative estimate of drug-likeness (QED) is 0.518. The van der Waals surface area contributed by atoms with E-state index < -0.39 is 0 Å². The van der Waals surface area contributed by atoms with Gasteiger partial charge in [0.25, 0.3) is 0 Å². The van der Waals surface area contributed by atoms with Crippen LogP contribution in [0.25, 0.3) is 16.9 Å². The maximum absolute atomic E-state index is 4.70. The van der Waals surface area contributed by atoms with E-state index in [1.54, 1.807) is 11.8 Å². The normalized spacial score (nSPS) is 11.2. The lowest BCUT2D eigenvalue weighted by Crippen LogP contribution is -1.99. The van der Waals surface area contributed by atoms with Gasteiger partial charge in [0.05, 0.1) is 17.6 Å². The van der Waals surface area contributed by atoms with Crippen molar-refractivity contribution in [3.8, 4) is 11.3 Å². The Kier molecular flexibility index (Phi) is 4.19. The van der Waals surface area contributed by atoms with Gasteiger partial charge in [-0.15, -0.1) is 11.8 Å². The Hall–Kier alpha value is -2.38. The van der Waals surface area contributed by atoms with E-state index in [-0.39, 0.29) is 0 Å². The molecule has 0 amide bonds. The molecule has 7 heteroatoms. The van der Waals surface area contributed by atoms with Crippen LogP contribution >= 0.6 is 23.3 Å². The minimum Gasteiger partial charge on any atom is -0.328 e. The third kappa shape index (κ3) is 3.12. The van der Waals surface area contributed by atoms with Crippen molar-refractivity contribution in [1.29, 1.82) is 0 Å². The summed E-state index contributed by atoms with van der Waals surface area (Å²) in [6.07, 6.45) is 5.96. The summed E-state index contributed by atoms with van der Waals surface area (Å²) in [7, 11) is 0. The van der Waals surface area contributed by atoms with E-state index in [0.29, 0.717) is 0 Å². The first-order chi connectivity index (χ1) is 12.1. The number of imidazole rings is 1. The number of fused-ring (bicyclic) bond motifs is 1. The van der Waals surface area contributed by atoms with Crippen molar-refractivity contribution in [1.82, 2.24) is 18.7 Å². The Morgan fingerprint density at radius 1 is 1.20 bits per heavy atom. The van der Waals surface area contributed by atoms with Crippen molar-refractivity contribution < 1.29 is 0 Å². The summed E-state index contributed by atoms with van der Waals surface area (Å²) in [5.74, 6) is 0.745. The minimum atomic E-state index is 0.745. The van der Waals surface area contributed by atoms with Crippen LogP contribution in [-0.4, -0.2) is 25.0 Å². The molecule has 4 aromatic rings. The minimum absolute atomic E-state index is 0.745. The number of hydrogen-bond donors (Lipinski definition) is 1. The summed E-state index contributed by atoms with van der Waals surface area (Å²) < 4.78 is 6.42. The molecule has 0 unspecified atom stereocenters. The number of rotatable bonds is 4. The maximum Gasteiger partial charge on any atom is 0.181 e. The summed E-state index contributed by atoms with van der Waals surface area (Å²) in [6, 6.07) is 10.5. The van der Waals surface area contributed by atoms with Crippen molar-refractivity contribution in [2.24, 2.45) is 0 Å². The van der Waals surface area contributed by atoms with Gasteiger partial charge in [0.2, 0.25) is 0 Å². The van der Waals surface area contributed by atoms with Crippen LogP contribution in [0.1, 0.15) is 11.3 Å².